The van der Waals surface area contributed by atoms with Crippen LogP contribution in [0.1, 0.15) is 23.9 Å². The second-order valence-electron chi connectivity index (χ2n) is 4.61. The molecular formula is C16H18N2O2. The number of nitrogens with zero attached hydrogens (tertiary/aromatic N) is 2. The Balaban J connectivity index is 2.07. The first-order chi connectivity index (χ1) is 9.60. The normalized spacial score (nSPS) is 10.9. The molecule has 1 heterocycles. The zero-order valence-corrected chi connectivity index (χ0v) is 12.0. The fourth-order valence-corrected chi connectivity index (χ4v) is 1.96. The highest BCUT2D eigenvalue weighted by molar-refractivity contribution is 5.81. The molecule has 2 rings (SSSR count). The van der Waals surface area contributed by atoms with Crippen molar-refractivity contribution in [3.63, 3.8) is 0 Å². The van der Waals surface area contributed by atoms with Crippen molar-refractivity contribution in [3.05, 3.63) is 59.4 Å². The molecule has 0 fully saturated rings. The number of allylic oxidation sites excluding steroid dienone is 1. The summed E-state index contributed by atoms with van der Waals surface area (Å²) in [6.45, 7) is 6.05. The van der Waals surface area contributed by atoms with Crippen molar-refractivity contribution in [3.8, 4) is 5.69 Å². The molecule has 0 spiro atoms. The third-order valence-corrected chi connectivity index (χ3v) is 2.87. The molecule has 1 aromatic carbocycles. The lowest BCUT2D eigenvalue weighted by Crippen LogP contribution is -2.02. The highest BCUT2D eigenvalue weighted by atomic mass is 16.5. The van der Waals surface area contributed by atoms with Crippen molar-refractivity contribution in [1.29, 1.82) is 0 Å². The van der Waals surface area contributed by atoms with E-state index in [1.165, 1.54) is 6.08 Å². The van der Waals surface area contributed by atoms with Crippen LogP contribution in [0, 0.1) is 13.8 Å². The molecule has 2 aromatic rings. The van der Waals surface area contributed by atoms with Gasteiger partial charge in [0.2, 0.25) is 0 Å². The lowest BCUT2D eigenvalue weighted by Gasteiger charge is -2.06. The van der Waals surface area contributed by atoms with Crippen molar-refractivity contribution < 1.29 is 9.53 Å². The number of rotatable bonds is 4. The Hall–Kier alpha value is -2.36. The first-order valence-electron chi connectivity index (χ1n) is 6.52. The molecule has 0 radical (unpaired) electrons. The highest BCUT2D eigenvalue weighted by Crippen LogP contribution is 2.13. The van der Waals surface area contributed by atoms with Gasteiger partial charge < -0.3 is 4.74 Å². The van der Waals surface area contributed by atoms with Crippen molar-refractivity contribution in [2.24, 2.45) is 0 Å². The van der Waals surface area contributed by atoms with E-state index in [1.807, 2.05) is 48.9 Å². The van der Waals surface area contributed by atoms with Crippen molar-refractivity contribution in [2.45, 2.75) is 27.4 Å². The van der Waals surface area contributed by atoms with Gasteiger partial charge in [0.15, 0.2) is 0 Å². The minimum Gasteiger partial charge on any atom is -0.458 e. The molecule has 4 heteroatoms. The van der Waals surface area contributed by atoms with Gasteiger partial charge in [-0.15, -0.1) is 0 Å². The number of carbonyl (C=O) groups excluding carboxylic acids is 1. The SMILES string of the molecule is C/C=C/C(=O)OCc1ccc(-n2nc(C)cc2C)cc1. The van der Waals surface area contributed by atoms with Crippen molar-refractivity contribution in [2.75, 3.05) is 0 Å². The van der Waals surface area contributed by atoms with Crippen LogP contribution >= 0.6 is 0 Å². The lowest BCUT2D eigenvalue weighted by molar-refractivity contribution is -0.139. The number of hydrogen-bond acceptors (Lipinski definition) is 3. The quantitative estimate of drug-likeness (QED) is 0.633. The van der Waals surface area contributed by atoms with E-state index in [4.69, 9.17) is 4.74 Å². The summed E-state index contributed by atoms with van der Waals surface area (Å²) >= 11 is 0. The van der Waals surface area contributed by atoms with Crippen molar-refractivity contribution >= 4 is 5.97 Å². The van der Waals surface area contributed by atoms with E-state index in [1.54, 1.807) is 13.0 Å². The number of benzene rings is 1. The predicted octanol–water partition coefficient (Wildman–Crippen LogP) is 3.11. The predicted molar refractivity (Wildman–Crippen MR) is 77.6 cm³/mol. The minimum absolute atomic E-state index is 0.278. The summed E-state index contributed by atoms with van der Waals surface area (Å²) in [6, 6.07) is 9.85. The lowest BCUT2D eigenvalue weighted by atomic mass is 10.2. The van der Waals surface area contributed by atoms with Gasteiger partial charge in [0, 0.05) is 11.8 Å². The van der Waals surface area contributed by atoms with Crippen LogP contribution in [0.25, 0.3) is 5.69 Å². The average molecular weight is 270 g/mol. The van der Waals surface area contributed by atoms with Gasteiger partial charge in [-0.1, -0.05) is 18.2 Å². The number of aromatic nitrogens is 2. The van der Waals surface area contributed by atoms with Gasteiger partial charge in [-0.2, -0.15) is 5.10 Å². The molecule has 0 aliphatic carbocycles. The molecule has 0 aliphatic heterocycles. The third kappa shape index (κ3) is 3.35. The molecule has 20 heavy (non-hydrogen) atoms. The molecule has 1 aromatic heterocycles. The van der Waals surface area contributed by atoms with Gasteiger partial charge in [0.25, 0.3) is 0 Å². The third-order valence-electron chi connectivity index (χ3n) is 2.87. The maximum atomic E-state index is 11.2. The monoisotopic (exact) mass is 270 g/mol. The zero-order chi connectivity index (χ0) is 14.5. The Labute approximate surface area is 118 Å². The number of ether oxygens (including phenoxy) is 1. The highest BCUT2D eigenvalue weighted by Gasteiger charge is 2.04. The van der Waals surface area contributed by atoms with Crippen molar-refractivity contribution in [1.82, 2.24) is 9.78 Å². The van der Waals surface area contributed by atoms with E-state index >= 15 is 0 Å². The van der Waals surface area contributed by atoms with Crippen LogP contribution in [0.4, 0.5) is 0 Å². The van der Waals surface area contributed by atoms with Crippen LogP contribution in [0.15, 0.2) is 42.5 Å². The zero-order valence-electron chi connectivity index (χ0n) is 12.0. The van der Waals surface area contributed by atoms with E-state index in [9.17, 15) is 4.79 Å². The summed E-state index contributed by atoms with van der Waals surface area (Å²) in [5.41, 5.74) is 4.04. The van der Waals surface area contributed by atoms with Crippen LogP contribution in [-0.4, -0.2) is 15.7 Å². The molecule has 4 nitrogen and oxygen atoms in total. The summed E-state index contributed by atoms with van der Waals surface area (Å²) in [5, 5.41) is 4.43. The Morgan fingerprint density at radius 1 is 1.30 bits per heavy atom. The molecule has 0 bridgehead atoms. The maximum absolute atomic E-state index is 11.2. The van der Waals surface area contributed by atoms with Crippen LogP contribution in [0.2, 0.25) is 0 Å². The Bertz CT molecular complexity index is 624. The van der Waals surface area contributed by atoms with Gasteiger partial charge in [0.05, 0.1) is 11.4 Å². The number of aryl methyl sites for hydroxylation is 2. The van der Waals surface area contributed by atoms with E-state index in [-0.39, 0.29) is 12.6 Å². The maximum Gasteiger partial charge on any atom is 0.330 e. The second kappa shape index (κ2) is 6.19. The molecule has 0 N–H and O–H groups in total. The first-order valence-corrected chi connectivity index (χ1v) is 6.52. The standard InChI is InChI=1S/C16H18N2O2/c1-4-5-16(19)20-11-14-6-8-15(9-7-14)18-13(3)10-12(2)17-18/h4-10H,11H2,1-3H3/b5-4+. The van der Waals surface area contributed by atoms with Gasteiger partial charge in [-0.3, -0.25) is 0 Å². The molecular weight excluding hydrogens is 252 g/mol. The largest absolute Gasteiger partial charge is 0.458 e. The van der Waals surface area contributed by atoms with E-state index in [2.05, 4.69) is 5.10 Å². The fourth-order valence-electron chi connectivity index (χ4n) is 1.96. The van der Waals surface area contributed by atoms with E-state index < -0.39 is 0 Å². The average Bonchev–Trinajstić information content (AvgIpc) is 2.76. The summed E-state index contributed by atoms with van der Waals surface area (Å²) in [5.74, 6) is -0.324. The van der Waals surface area contributed by atoms with Crippen LogP contribution < -0.4 is 0 Å². The Kier molecular flexibility index (Phi) is 4.35. The summed E-state index contributed by atoms with van der Waals surface area (Å²) in [6.07, 6.45) is 3.07. The smallest absolute Gasteiger partial charge is 0.330 e. The van der Waals surface area contributed by atoms with Crippen LogP contribution in [0.5, 0.6) is 0 Å². The molecule has 0 unspecified atom stereocenters. The van der Waals surface area contributed by atoms with Gasteiger partial charge >= 0.3 is 5.97 Å². The molecule has 104 valence electrons. The number of hydrogen-bond donors (Lipinski definition) is 0. The molecule has 0 saturated heterocycles. The fraction of sp³-hybridized carbons (Fsp3) is 0.250. The Morgan fingerprint density at radius 2 is 2.00 bits per heavy atom. The minimum atomic E-state index is -0.324. The molecule has 0 atom stereocenters. The number of carbonyl (C=O) groups is 1. The summed E-state index contributed by atoms with van der Waals surface area (Å²) in [7, 11) is 0. The van der Waals surface area contributed by atoms with Gasteiger partial charge in [-0.25, -0.2) is 9.48 Å². The second-order valence-corrected chi connectivity index (χ2v) is 4.61. The van der Waals surface area contributed by atoms with E-state index in [0.29, 0.717) is 0 Å². The molecule has 0 amide bonds. The van der Waals surface area contributed by atoms with Gasteiger partial charge in [0.1, 0.15) is 6.61 Å². The molecule has 0 saturated carbocycles. The Morgan fingerprint density at radius 3 is 2.55 bits per heavy atom. The topological polar surface area (TPSA) is 44.1 Å². The van der Waals surface area contributed by atoms with Gasteiger partial charge in [-0.05, 0) is 44.5 Å². The number of esters is 1. The van der Waals surface area contributed by atoms with E-state index in [0.717, 1.165) is 22.6 Å². The van der Waals surface area contributed by atoms with Crippen LogP contribution in [-0.2, 0) is 16.1 Å². The van der Waals surface area contributed by atoms with Crippen LogP contribution in [0.3, 0.4) is 0 Å². The first kappa shape index (κ1) is 14.1. The molecule has 0 aliphatic rings. The summed E-state index contributed by atoms with van der Waals surface area (Å²) < 4.78 is 6.99. The summed E-state index contributed by atoms with van der Waals surface area (Å²) in [4.78, 5) is 11.2.